The van der Waals surface area contributed by atoms with Gasteiger partial charge in [0.15, 0.2) is 0 Å². The van der Waals surface area contributed by atoms with Crippen molar-refractivity contribution in [3.63, 3.8) is 0 Å². The largest absolute Gasteiger partial charge is 0.337 e. The first-order valence-electron chi connectivity index (χ1n) is 2.44. The van der Waals surface area contributed by atoms with Gasteiger partial charge < -0.3 is 4.90 Å². The van der Waals surface area contributed by atoms with Crippen LogP contribution in [0.15, 0.2) is 4.99 Å². The van der Waals surface area contributed by atoms with Crippen LogP contribution >= 0.6 is 12.9 Å². The first-order valence-corrected chi connectivity index (χ1v) is 2.80. The van der Waals surface area contributed by atoms with Gasteiger partial charge in [0.05, 0.1) is 12.9 Å². The van der Waals surface area contributed by atoms with Crippen LogP contribution in [0.25, 0.3) is 0 Å². The molecule has 0 saturated carbocycles. The van der Waals surface area contributed by atoms with E-state index in [-0.39, 0.29) is 0 Å². The summed E-state index contributed by atoms with van der Waals surface area (Å²) < 4.78 is 4.55. The van der Waals surface area contributed by atoms with Gasteiger partial charge in [-0.1, -0.05) is 0 Å². The van der Waals surface area contributed by atoms with Crippen LogP contribution in [0.4, 0.5) is 0 Å². The van der Waals surface area contributed by atoms with E-state index in [4.69, 9.17) is 0 Å². The Hall–Kier alpha value is -0.220. The van der Waals surface area contributed by atoms with Gasteiger partial charge in [-0.15, -0.1) is 0 Å². The average Bonchev–Trinajstić information content (AvgIpc) is 2.19. The van der Waals surface area contributed by atoms with E-state index in [9.17, 15) is 0 Å². The minimum absolute atomic E-state index is 0.534. The molecule has 0 fully saturated rings. The summed E-state index contributed by atoms with van der Waals surface area (Å²) in [6.07, 6.45) is 1.77. The van der Waals surface area contributed by atoms with Crippen molar-refractivity contribution in [1.82, 2.24) is 4.90 Å². The fourth-order valence-corrected chi connectivity index (χ4v) is 0.737. The summed E-state index contributed by atoms with van der Waals surface area (Å²) in [5, 5.41) is 0. The first-order chi connectivity index (χ1) is 3.93. The normalized spacial score (nSPS) is 17.9. The molecule has 0 aliphatic carbocycles. The Kier molecular flexibility index (Phi) is 2.17. The minimum atomic E-state index is 0.534. The lowest BCUT2D eigenvalue weighted by Gasteiger charge is -2.09. The Morgan fingerprint density at radius 2 is 2.75 bits per heavy atom. The zero-order chi connectivity index (χ0) is 5.82. The van der Waals surface area contributed by atoms with Crippen molar-refractivity contribution < 1.29 is 4.18 Å². The van der Waals surface area contributed by atoms with Gasteiger partial charge >= 0.3 is 0 Å². The van der Waals surface area contributed by atoms with E-state index in [1.165, 1.54) is 0 Å². The molecule has 1 heterocycles. The minimum Gasteiger partial charge on any atom is -0.337 e. The van der Waals surface area contributed by atoms with Crippen LogP contribution in [-0.2, 0) is 4.18 Å². The number of hydrogen-bond donors (Lipinski definition) is 1. The predicted octanol–water partition coefficient (Wildman–Crippen LogP) is 0.149. The standard InChI is InChI=1S/C4H8N2OS/c8-7-4-6-2-1-5-3-6/h3,8H,1-2,4H2. The van der Waals surface area contributed by atoms with Crippen molar-refractivity contribution >= 4 is 19.2 Å². The van der Waals surface area contributed by atoms with Crippen LogP contribution in [0.2, 0.25) is 0 Å². The van der Waals surface area contributed by atoms with E-state index in [1.807, 2.05) is 4.90 Å². The Balaban J connectivity index is 2.16. The number of thiol groups is 1. The topological polar surface area (TPSA) is 24.8 Å². The monoisotopic (exact) mass is 132 g/mol. The SMILES string of the molecule is SOCN1C=NCC1. The third-order valence-corrected chi connectivity index (χ3v) is 1.10. The van der Waals surface area contributed by atoms with Crippen LogP contribution < -0.4 is 0 Å². The lowest BCUT2D eigenvalue weighted by atomic mass is 10.6. The number of aliphatic imine (C=N–C) groups is 1. The molecule has 0 radical (unpaired) electrons. The summed E-state index contributed by atoms with van der Waals surface area (Å²) in [4.78, 5) is 5.92. The van der Waals surface area contributed by atoms with Crippen LogP contribution in [0.1, 0.15) is 0 Å². The molecule has 0 atom stereocenters. The quantitative estimate of drug-likeness (QED) is 0.427. The Morgan fingerprint density at radius 1 is 1.88 bits per heavy atom. The summed E-state index contributed by atoms with van der Waals surface area (Å²) in [6.45, 7) is 2.38. The van der Waals surface area contributed by atoms with E-state index in [1.54, 1.807) is 6.34 Å². The highest BCUT2D eigenvalue weighted by atomic mass is 32.1. The molecule has 4 heteroatoms. The van der Waals surface area contributed by atoms with Gasteiger partial charge in [0.1, 0.15) is 6.73 Å². The van der Waals surface area contributed by atoms with E-state index < -0.39 is 0 Å². The van der Waals surface area contributed by atoms with Gasteiger partial charge in [-0.2, -0.15) is 0 Å². The van der Waals surface area contributed by atoms with Gasteiger partial charge in [0.25, 0.3) is 0 Å². The highest BCUT2D eigenvalue weighted by Crippen LogP contribution is 1.93. The lowest BCUT2D eigenvalue weighted by Crippen LogP contribution is -2.20. The molecule has 8 heavy (non-hydrogen) atoms. The molecule has 0 aromatic carbocycles. The molecule has 0 unspecified atom stereocenters. The molecule has 0 amide bonds. The Morgan fingerprint density at radius 3 is 3.25 bits per heavy atom. The second-order valence-electron chi connectivity index (χ2n) is 1.59. The first kappa shape index (κ1) is 5.91. The van der Waals surface area contributed by atoms with E-state index >= 15 is 0 Å². The second-order valence-corrected chi connectivity index (χ2v) is 1.85. The Bertz CT molecular complexity index is 96.0. The van der Waals surface area contributed by atoms with Gasteiger partial charge in [-0.05, 0) is 12.9 Å². The number of nitrogens with zero attached hydrogens (tertiary/aromatic N) is 2. The van der Waals surface area contributed by atoms with Crippen molar-refractivity contribution in [2.24, 2.45) is 4.99 Å². The molecule has 0 saturated heterocycles. The summed E-state index contributed by atoms with van der Waals surface area (Å²) >= 11 is 3.59. The van der Waals surface area contributed by atoms with Gasteiger partial charge in [-0.3, -0.25) is 9.18 Å². The van der Waals surface area contributed by atoms with Crippen LogP contribution in [-0.4, -0.2) is 31.1 Å². The van der Waals surface area contributed by atoms with Crippen LogP contribution in [0.3, 0.4) is 0 Å². The smallest absolute Gasteiger partial charge is 0.133 e. The zero-order valence-electron chi connectivity index (χ0n) is 4.45. The molecule has 46 valence electrons. The lowest BCUT2D eigenvalue weighted by molar-refractivity contribution is 0.243. The molecular weight excluding hydrogens is 124 g/mol. The Labute approximate surface area is 54.0 Å². The van der Waals surface area contributed by atoms with Crippen molar-refractivity contribution in [1.29, 1.82) is 0 Å². The fraction of sp³-hybridized carbons (Fsp3) is 0.750. The van der Waals surface area contributed by atoms with Gasteiger partial charge in [0.2, 0.25) is 0 Å². The summed E-state index contributed by atoms with van der Waals surface area (Å²) in [6, 6.07) is 0. The number of hydrogen-bond acceptors (Lipinski definition) is 4. The summed E-state index contributed by atoms with van der Waals surface area (Å²) in [5.74, 6) is 0. The number of rotatable bonds is 2. The maximum atomic E-state index is 4.55. The van der Waals surface area contributed by atoms with Crippen LogP contribution in [0, 0.1) is 0 Å². The van der Waals surface area contributed by atoms with Crippen molar-refractivity contribution in [3.05, 3.63) is 0 Å². The molecule has 0 aromatic rings. The maximum Gasteiger partial charge on any atom is 0.133 e. The summed E-state index contributed by atoms with van der Waals surface area (Å²) in [5.41, 5.74) is 0. The molecule has 3 nitrogen and oxygen atoms in total. The van der Waals surface area contributed by atoms with E-state index in [2.05, 4.69) is 22.1 Å². The van der Waals surface area contributed by atoms with Crippen molar-refractivity contribution in [2.75, 3.05) is 19.8 Å². The van der Waals surface area contributed by atoms with Crippen molar-refractivity contribution in [3.8, 4) is 0 Å². The molecule has 1 rings (SSSR count). The summed E-state index contributed by atoms with van der Waals surface area (Å²) in [7, 11) is 0. The van der Waals surface area contributed by atoms with Gasteiger partial charge in [0, 0.05) is 6.54 Å². The van der Waals surface area contributed by atoms with E-state index in [0.29, 0.717) is 6.73 Å². The highest BCUT2D eigenvalue weighted by molar-refractivity contribution is 7.75. The maximum absolute atomic E-state index is 4.55. The molecule has 0 N–H and O–H groups in total. The highest BCUT2D eigenvalue weighted by Gasteiger charge is 2.01. The third-order valence-electron chi connectivity index (χ3n) is 0.985. The van der Waals surface area contributed by atoms with Crippen molar-refractivity contribution in [2.45, 2.75) is 0 Å². The van der Waals surface area contributed by atoms with Gasteiger partial charge in [-0.25, -0.2) is 0 Å². The van der Waals surface area contributed by atoms with Crippen LogP contribution in [0.5, 0.6) is 0 Å². The molecular formula is C4H8N2OS. The average molecular weight is 132 g/mol. The van der Waals surface area contributed by atoms with E-state index in [0.717, 1.165) is 13.1 Å². The molecule has 0 spiro atoms. The third kappa shape index (κ3) is 1.38. The molecule has 0 aromatic heterocycles. The molecule has 1 aliphatic rings. The fourth-order valence-electron chi connectivity index (χ4n) is 0.589. The molecule has 1 aliphatic heterocycles. The zero-order valence-corrected chi connectivity index (χ0v) is 5.34. The second kappa shape index (κ2) is 2.94. The molecule has 0 bridgehead atoms. The predicted molar refractivity (Wildman–Crippen MR) is 35.0 cm³/mol.